The lowest BCUT2D eigenvalue weighted by atomic mass is 9.93. The summed E-state index contributed by atoms with van der Waals surface area (Å²) >= 11 is 3.49. The van der Waals surface area contributed by atoms with Crippen LogP contribution in [0.4, 0.5) is 0 Å². The summed E-state index contributed by atoms with van der Waals surface area (Å²) in [7, 11) is 0. The van der Waals surface area contributed by atoms with E-state index in [2.05, 4.69) is 34.7 Å². The molecule has 3 heteroatoms. The maximum atomic E-state index is 12.8. The van der Waals surface area contributed by atoms with Crippen LogP contribution in [0.3, 0.4) is 0 Å². The Morgan fingerprint density at radius 1 is 1.21 bits per heavy atom. The van der Waals surface area contributed by atoms with E-state index < -0.39 is 0 Å². The third-order valence-corrected chi connectivity index (χ3v) is 4.55. The molecule has 0 heterocycles. The summed E-state index contributed by atoms with van der Waals surface area (Å²) in [6.07, 6.45) is 6.10. The standard InChI is InChI=1S/C16H22BrNO/c1-12(2)18(13-8-4-3-5-9-13)16(19)14-10-6-7-11-15(14)17/h6-7,10-13H,3-5,8-9H2,1-2H3. The summed E-state index contributed by atoms with van der Waals surface area (Å²) in [6, 6.07) is 8.38. The van der Waals surface area contributed by atoms with Gasteiger partial charge in [-0.05, 0) is 54.8 Å². The molecule has 1 saturated carbocycles. The van der Waals surface area contributed by atoms with Crippen LogP contribution < -0.4 is 0 Å². The highest BCUT2D eigenvalue weighted by molar-refractivity contribution is 9.10. The molecular formula is C16H22BrNO. The quantitative estimate of drug-likeness (QED) is 0.794. The van der Waals surface area contributed by atoms with Crippen LogP contribution in [0.25, 0.3) is 0 Å². The van der Waals surface area contributed by atoms with Gasteiger partial charge in [-0.15, -0.1) is 0 Å². The molecule has 0 spiro atoms. The molecule has 2 nitrogen and oxygen atoms in total. The summed E-state index contributed by atoms with van der Waals surface area (Å²) < 4.78 is 0.890. The molecule has 1 aromatic carbocycles. The zero-order valence-electron chi connectivity index (χ0n) is 11.7. The van der Waals surface area contributed by atoms with Crippen molar-refractivity contribution in [3.05, 3.63) is 34.3 Å². The lowest BCUT2D eigenvalue weighted by molar-refractivity contribution is 0.0554. The second-order valence-electron chi connectivity index (χ2n) is 5.58. The van der Waals surface area contributed by atoms with E-state index in [0.717, 1.165) is 22.9 Å². The number of rotatable bonds is 3. The Hall–Kier alpha value is -0.830. The predicted octanol–water partition coefficient (Wildman–Crippen LogP) is 4.63. The van der Waals surface area contributed by atoms with Crippen molar-refractivity contribution < 1.29 is 4.79 Å². The largest absolute Gasteiger partial charge is 0.333 e. The highest BCUT2D eigenvalue weighted by atomic mass is 79.9. The Balaban J connectivity index is 2.24. The molecule has 104 valence electrons. The van der Waals surface area contributed by atoms with Gasteiger partial charge in [-0.25, -0.2) is 0 Å². The second kappa shape index (κ2) is 6.56. The maximum absolute atomic E-state index is 12.8. The van der Waals surface area contributed by atoms with Crippen molar-refractivity contribution in [3.8, 4) is 0 Å². The van der Waals surface area contributed by atoms with Crippen molar-refractivity contribution in [2.75, 3.05) is 0 Å². The lowest BCUT2D eigenvalue weighted by Crippen LogP contribution is -2.45. The van der Waals surface area contributed by atoms with Crippen LogP contribution in [0.1, 0.15) is 56.3 Å². The summed E-state index contributed by atoms with van der Waals surface area (Å²) in [5, 5.41) is 0. The maximum Gasteiger partial charge on any atom is 0.255 e. The molecule has 0 aromatic heterocycles. The van der Waals surface area contributed by atoms with Crippen molar-refractivity contribution in [2.24, 2.45) is 0 Å². The Kier molecular flexibility index (Phi) is 5.03. The van der Waals surface area contributed by atoms with Crippen molar-refractivity contribution >= 4 is 21.8 Å². The fourth-order valence-corrected chi connectivity index (χ4v) is 3.41. The first-order chi connectivity index (χ1) is 9.11. The molecule has 0 saturated heterocycles. The van der Waals surface area contributed by atoms with Crippen molar-refractivity contribution in [2.45, 2.75) is 58.0 Å². The first kappa shape index (κ1) is 14.6. The molecule has 0 aliphatic heterocycles. The normalized spacial score (nSPS) is 16.6. The van der Waals surface area contributed by atoms with E-state index in [1.165, 1.54) is 19.3 Å². The third-order valence-electron chi connectivity index (χ3n) is 3.86. The molecule has 0 bridgehead atoms. The molecule has 0 atom stereocenters. The zero-order valence-corrected chi connectivity index (χ0v) is 13.3. The third kappa shape index (κ3) is 3.38. The highest BCUT2D eigenvalue weighted by Crippen LogP contribution is 2.27. The minimum atomic E-state index is 0.161. The molecule has 0 N–H and O–H groups in total. The van der Waals surface area contributed by atoms with Crippen LogP contribution in [-0.2, 0) is 0 Å². The Morgan fingerprint density at radius 3 is 2.42 bits per heavy atom. The first-order valence-electron chi connectivity index (χ1n) is 7.18. The zero-order chi connectivity index (χ0) is 13.8. The van der Waals surface area contributed by atoms with Crippen LogP contribution in [-0.4, -0.2) is 22.9 Å². The van der Waals surface area contributed by atoms with Gasteiger partial charge in [0.15, 0.2) is 0 Å². The van der Waals surface area contributed by atoms with E-state index in [4.69, 9.17) is 0 Å². The fraction of sp³-hybridized carbons (Fsp3) is 0.562. The number of nitrogens with zero attached hydrogens (tertiary/aromatic N) is 1. The smallest absolute Gasteiger partial charge is 0.255 e. The molecule has 19 heavy (non-hydrogen) atoms. The average molecular weight is 324 g/mol. The predicted molar refractivity (Wildman–Crippen MR) is 82.3 cm³/mol. The van der Waals surface area contributed by atoms with Crippen LogP contribution in [0.15, 0.2) is 28.7 Å². The molecule has 0 unspecified atom stereocenters. The number of carbonyl (C=O) groups excluding carboxylic acids is 1. The Morgan fingerprint density at radius 2 is 1.84 bits per heavy atom. The van der Waals surface area contributed by atoms with E-state index in [1.54, 1.807) is 0 Å². The van der Waals surface area contributed by atoms with E-state index in [1.807, 2.05) is 24.3 Å². The van der Waals surface area contributed by atoms with Crippen molar-refractivity contribution in [1.29, 1.82) is 0 Å². The van der Waals surface area contributed by atoms with Gasteiger partial charge in [0, 0.05) is 16.6 Å². The molecule has 1 aliphatic rings. The fourth-order valence-electron chi connectivity index (χ4n) is 2.95. The Bertz CT molecular complexity index is 438. The number of halogens is 1. The summed E-state index contributed by atoms with van der Waals surface area (Å²) in [5.74, 6) is 0.161. The molecule has 1 amide bonds. The number of hydrogen-bond donors (Lipinski definition) is 0. The molecule has 2 rings (SSSR count). The molecule has 0 radical (unpaired) electrons. The molecular weight excluding hydrogens is 302 g/mol. The van der Waals surface area contributed by atoms with Gasteiger partial charge in [-0.1, -0.05) is 31.4 Å². The van der Waals surface area contributed by atoms with Crippen LogP contribution in [0.2, 0.25) is 0 Å². The van der Waals surface area contributed by atoms with E-state index >= 15 is 0 Å². The first-order valence-corrected chi connectivity index (χ1v) is 7.97. The molecule has 1 aromatic rings. The topological polar surface area (TPSA) is 20.3 Å². The Labute approximate surface area is 124 Å². The second-order valence-corrected chi connectivity index (χ2v) is 6.43. The van der Waals surface area contributed by atoms with Crippen molar-refractivity contribution in [3.63, 3.8) is 0 Å². The van der Waals surface area contributed by atoms with Crippen LogP contribution in [0, 0.1) is 0 Å². The van der Waals surface area contributed by atoms with Gasteiger partial charge >= 0.3 is 0 Å². The summed E-state index contributed by atoms with van der Waals surface area (Å²) in [6.45, 7) is 4.23. The van der Waals surface area contributed by atoms with Gasteiger partial charge in [0.2, 0.25) is 0 Å². The van der Waals surface area contributed by atoms with Gasteiger partial charge in [-0.2, -0.15) is 0 Å². The lowest BCUT2D eigenvalue weighted by Gasteiger charge is -2.37. The number of hydrogen-bond acceptors (Lipinski definition) is 1. The van der Waals surface area contributed by atoms with Gasteiger partial charge < -0.3 is 4.90 Å². The molecule has 1 fully saturated rings. The van der Waals surface area contributed by atoms with E-state index in [0.29, 0.717) is 6.04 Å². The highest BCUT2D eigenvalue weighted by Gasteiger charge is 2.28. The SMILES string of the molecule is CC(C)N(C(=O)c1ccccc1Br)C1CCCCC1. The molecule has 1 aliphatic carbocycles. The minimum absolute atomic E-state index is 0.161. The van der Waals surface area contributed by atoms with Gasteiger partial charge in [0.25, 0.3) is 5.91 Å². The summed E-state index contributed by atoms with van der Waals surface area (Å²) in [4.78, 5) is 14.9. The number of amides is 1. The number of carbonyl (C=O) groups is 1. The van der Waals surface area contributed by atoms with Crippen LogP contribution in [0.5, 0.6) is 0 Å². The van der Waals surface area contributed by atoms with E-state index in [-0.39, 0.29) is 11.9 Å². The monoisotopic (exact) mass is 323 g/mol. The minimum Gasteiger partial charge on any atom is -0.333 e. The van der Waals surface area contributed by atoms with Gasteiger partial charge in [0.1, 0.15) is 0 Å². The van der Waals surface area contributed by atoms with Crippen LogP contribution >= 0.6 is 15.9 Å². The average Bonchev–Trinajstić information content (AvgIpc) is 2.40. The van der Waals surface area contributed by atoms with Gasteiger partial charge in [0.05, 0.1) is 5.56 Å². The van der Waals surface area contributed by atoms with E-state index in [9.17, 15) is 4.79 Å². The summed E-state index contributed by atoms with van der Waals surface area (Å²) in [5.41, 5.74) is 0.779. The van der Waals surface area contributed by atoms with Crippen molar-refractivity contribution in [1.82, 2.24) is 4.90 Å². The van der Waals surface area contributed by atoms with Gasteiger partial charge in [-0.3, -0.25) is 4.79 Å². The number of benzene rings is 1.